The molecule has 0 spiro atoms. The fourth-order valence-corrected chi connectivity index (χ4v) is 2.79. The zero-order valence-corrected chi connectivity index (χ0v) is 15.3. The molecule has 1 aromatic heterocycles. The summed E-state index contributed by atoms with van der Waals surface area (Å²) in [6.07, 6.45) is 8.65. The highest BCUT2D eigenvalue weighted by Gasteiger charge is 2.05. The summed E-state index contributed by atoms with van der Waals surface area (Å²) in [7, 11) is 0. The number of nitrogens with zero attached hydrogens (tertiary/aromatic N) is 2. The van der Waals surface area contributed by atoms with Gasteiger partial charge in [-0.1, -0.05) is 15.9 Å². The maximum atomic E-state index is 12.4. The first-order chi connectivity index (χ1) is 12.2. The van der Waals surface area contributed by atoms with Crippen molar-refractivity contribution in [3.8, 4) is 11.4 Å². The lowest BCUT2D eigenvalue weighted by Crippen LogP contribution is -1.97. The molecule has 25 heavy (non-hydrogen) atoms. The highest BCUT2D eigenvalue weighted by atomic mass is 79.9. The van der Waals surface area contributed by atoms with E-state index in [0.717, 1.165) is 21.5 Å². The molecule has 0 unspecified atom stereocenters. The smallest absolute Gasteiger partial charge is 0.185 e. The first-order valence-corrected chi connectivity index (χ1v) is 8.70. The van der Waals surface area contributed by atoms with Crippen molar-refractivity contribution in [1.29, 1.82) is 0 Å². The van der Waals surface area contributed by atoms with Crippen LogP contribution in [0.2, 0.25) is 0 Å². The van der Waals surface area contributed by atoms with Gasteiger partial charge in [-0.2, -0.15) is 0 Å². The lowest BCUT2D eigenvalue weighted by molar-refractivity contribution is 0.104. The standard InChI is InChI=1S/C20H17BrN2O2/c1-2-25-20-10-6-17(21)13-16(20)5-9-19(24)15-3-7-18(8-4-15)23-12-11-22-14-23/h3-14H,2H2,1H3/b9-5+. The van der Waals surface area contributed by atoms with Crippen LogP contribution >= 0.6 is 15.9 Å². The number of carbonyl (C=O) groups excluding carboxylic acids is 1. The maximum Gasteiger partial charge on any atom is 0.185 e. The van der Waals surface area contributed by atoms with Crippen molar-refractivity contribution in [2.45, 2.75) is 6.92 Å². The molecule has 0 fully saturated rings. The van der Waals surface area contributed by atoms with Gasteiger partial charge in [-0.25, -0.2) is 4.98 Å². The van der Waals surface area contributed by atoms with Gasteiger partial charge in [0.15, 0.2) is 5.78 Å². The van der Waals surface area contributed by atoms with E-state index < -0.39 is 0 Å². The molecule has 2 aromatic carbocycles. The van der Waals surface area contributed by atoms with Crippen LogP contribution in [0.4, 0.5) is 0 Å². The molecule has 1 heterocycles. The van der Waals surface area contributed by atoms with E-state index in [9.17, 15) is 4.79 Å². The average molecular weight is 397 g/mol. The number of imidazole rings is 1. The third-order valence-corrected chi connectivity index (χ3v) is 4.13. The van der Waals surface area contributed by atoms with Crippen LogP contribution in [0.15, 0.2) is 71.7 Å². The minimum atomic E-state index is -0.0559. The van der Waals surface area contributed by atoms with E-state index in [-0.39, 0.29) is 5.78 Å². The first-order valence-electron chi connectivity index (χ1n) is 7.90. The molecule has 0 radical (unpaired) electrons. The first kappa shape index (κ1) is 17.2. The average Bonchev–Trinajstić information content (AvgIpc) is 3.16. The van der Waals surface area contributed by atoms with Gasteiger partial charge in [0.25, 0.3) is 0 Å². The second kappa shape index (κ2) is 7.94. The minimum absolute atomic E-state index is 0.0559. The fourth-order valence-electron chi connectivity index (χ4n) is 2.41. The number of rotatable bonds is 6. The molecular formula is C20H17BrN2O2. The number of halogens is 1. The Balaban J connectivity index is 1.78. The summed E-state index contributed by atoms with van der Waals surface area (Å²) in [5.41, 5.74) is 2.45. The zero-order valence-electron chi connectivity index (χ0n) is 13.7. The second-order valence-electron chi connectivity index (χ2n) is 5.33. The van der Waals surface area contributed by atoms with Crippen LogP contribution in [0.5, 0.6) is 5.75 Å². The molecule has 0 aliphatic carbocycles. The van der Waals surface area contributed by atoms with Crippen molar-refractivity contribution >= 4 is 27.8 Å². The van der Waals surface area contributed by atoms with Gasteiger partial charge in [-0.05, 0) is 61.5 Å². The van der Waals surface area contributed by atoms with Crippen LogP contribution < -0.4 is 4.74 Å². The molecule has 0 saturated carbocycles. The Morgan fingerprint density at radius 3 is 2.72 bits per heavy atom. The van der Waals surface area contributed by atoms with Crippen LogP contribution in [-0.2, 0) is 0 Å². The third kappa shape index (κ3) is 4.25. The van der Waals surface area contributed by atoms with Crippen molar-refractivity contribution < 1.29 is 9.53 Å². The molecule has 0 aliphatic heterocycles. The van der Waals surface area contributed by atoms with Gasteiger partial charge in [0, 0.05) is 33.7 Å². The summed E-state index contributed by atoms with van der Waals surface area (Å²) in [6, 6.07) is 13.1. The maximum absolute atomic E-state index is 12.4. The van der Waals surface area contributed by atoms with E-state index in [2.05, 4.69) is 20.9 Å². The number of ether oxygens (including phenoxy) is 1. The topological polar surface area (TPSA) is 44.1 Å². The van der Waals surface area contributed by atoms with Crippen molar-refractivity contribution in [3.63, 3.8) is 0 Å². The van der Waals surface area contributed by atoms with Crippen molar-refractivity contribution in [2.24, 2.45) is 0 Å². The van der Waals surface area contributed by atoms with Crippen molar-refractivity contribution in [1.82, 2.24) is 9.55 Å². The van der Waals surface area contributed by atoms with Gasteiger partial charge in [0.05, 0.1) is 12.9 Å². The van der Waals surface area contributed by atoms with E-state index in [1.165, 1.54) is 0 Å². The summed E-state index contributed by atoms with van der Waals surface area (Å²) >= 11 is 3.44. The minimum Gasteiger partial charge on any atom is -0.493 e. The Bertz CT molecular complexity index is 885. The number of allylic oxidation sites excluding steroid dienone is 1. The Hall–Kier alpha value is -2.66. The highest BCUT2D eigenvalue weighted by Crippen LogP contribution is 2.24. The van der Waals surface area contributed by atoms with E-state index >= 15 is 0 Å². The van der Waals surface area contributed by atoms with Crippen molar-refractivity contribution in [3.05, 3.63) is 82.9 Å². The molecule has 0 atom stereocenters. The summed E-state index contributed by atoms with van der Waals surface area (Å²) < 4.78 is 8.42. The molecule has 3 rings (SSSR count). The molecule has 0 saturated heterocycles. The molecule has 0 aliphatic rings. The quantitative estimate of drug-likeness (QED) is 0.438. The van der Waals surface area contributed by atoms with Crippen LogP contribution in [0.3, 0.4) is 0 Å². The number of carbonyl (C=O) groups is 1. The molecule has 0 bridgehead atoms. The Morgan fingerprint density at radius 1 is 1.24 bits per heavy atom. The van der Waals surface area contributed by atoms with Crippen LogP contribution in [-0.4, -0.2) is 21.9 Å². The molecule has 3 aromatic rings. The molecule has 4 nitrogen and oxygen atoms in total. The largest absolute Gasteiger partial charge is 0.493 e. The second-order valence-corrected chi connectivity index (χ2v) is 6.25. The number of hydrogen-bond donors (Lipinski definition) is 0. The molecule has 126 valence electrons. The highest BCUT2D eigenvalue weighted by molar-refractivity contribution is 9.10. The van der Waals surface area contributed by atoms with Crippen molar-refractivity contribution in [2.75, 3.05) is 6.61 Å². The summed E-state index contributed by atoms with van der Waals surface area (Å²) in [5.74, 6) is 0.699. The van der Waals surface area contributed by atoms with Gasteiger partial charge in [0.1, 0.15) is 5.75 Å². The molecular weight excluding hydrogens is 380 g/mol. The van der Waals surface area contributed by atoms with Gasteiger partial charge in [0.2, 0.25) is 0 Å². The monoisotopic (exact) mass is 396 g/mol. The molecule has 0 amide bonds. The van der Waals surface area contributed by atoms with Crippen LogP contribution in [0, 0.1) is 0 Å². The van der Waals surface area contributed by atoms with Gasteiger partial charge in [-0.3, -0.25) is 4.79 Å². The van der Waals surface area contributed by atoms with E-state index in [4.69, 9.17) is 4.74 Å². The van der Waals surface area contributed by atoms with E-state index in [1.807, 2.05) is 60.2 Å². The van der Waals surface area contributed by atoms with E-state index in [1.54, 1.807) is 24.7 Å². The zero-order chi connectivity index (χ0) is 17.6. The summed E-state index contributed by atoms with van der Waals surface area (Å²) in [6.45, 7) is 2.51. The number of benzene rings is 2. The van der Waals surface area contributed by atoms with Crippen LogP contribution in [0.25, 0.3) is 11.8 Å². The third-order valence-electron chi connectivity index (χ3n) is 3.64. The van der Waals surface area contributed by atoms with Gasteiger partial charge >= 0.3 is 0 Å². The van der Waals surface area contributed by atoms with E-state index in [0.29, 0.717) is 12.2 Å². The number of ketones is 1. The predicted octanol–water partition coefficient (Wildman–Crippen LogP) is 4.93. The fraction of sp³-hybridized carbons (Fsp3) is 0.100. The van der Waals surface area contributed by atoms with Crippen LogP contribution in [0.1, 0.15) is 22.8 Å². The lowest BCUT2D eigenvalue weighted by atomic mass is 10.1. The Kier molecular flexibility index (Phi) is 5.46. The lowest BCUT2D eigenvalue weighted by Gasteiger charge is -2.07. The van der Waals surface area contributed by atoms with Gasteiger partial charge < -0.3 is 9.30 Å². The number of hydrogen-bond acceptors (Lipinski definition) is 3. The van der Waals surface area contributed by atoms with Gasteiger partial charge in [-0.15, -0.1) is 0 Å². The normalized spacial score (nSPS) is 11.0. The molecule has 5 heteroatoms. The predicted molar refractivity (Wildman–Crippen MR) is 102 cm³/mol. The summed E-state index contributed by atoms with van der Waals surface area (Å²) in [5, 5.41) is 0. The molecule has 0 N–H and O–H groups in total. The summed E-state index contributed by atoms with van der Waals surface area (Å²) in [4.78, 5) is 16.4. The SMILES string of the molecule is CCOc1ccc(Br)cc1/C=C/C(=O)c1ccc(-n2ccnc2)cc1. The Morgan fingerprint density at radius 2 is 2.04 bits per heavy atom. The number of aromatic nitrogens is 2. The Labute approximate surface area is 154 Å².